The topological polar surface area (TPSA) is 46.5 Å². The SMILES string of the molecule is COCc1cc2ccccc2cc1C(=O)O. The summed E-state index contributed by atoms with van der Waals surface area (Å²) >= 11 is 0. The van der Waals surface area contributed by atoms with E-state index < -0.39 is 5.97 Å². The highest BCUT2D eigenvalue weighted by atomic mass is 16.5. The molecule has 82 valence electrons. The van der Waals surface area contributed by atoms with E-state index in [2.05, 4.69) is 0 Å². The summed E-state index contributed by atoms with van der Waals surface area (Å²) < 4.78 is 5.00. The zero-order valence-corrected chi connectivity index (χ0v) is 8.93. The van der Waals surface area contributed by atoms with Crippen LogP contribution in [0, 0.1) is 0 Å². The molecule has 2 aromatic carbocycles. The predicted molar refractivity (Wildman–Crippen MR) is 61.6 cm³/mol. The van der Waals surface area contributed by atoms with Crippen molar-refractivity contribution in [2.24, 2.45) is 0 Å². The first-order chi connectivity index (χ1) is 7.72. The number of aromatic carboxylic acids is 1. The second-order valence-electron chi connectivity index (χ2n) is 3.59. The lowest BCUT2D eigenvalue weighted by Crippen LogP contribution is -2.03. The van der Waals surface area contributed by atoms with Crippen LogP contribution >= 0.6 is 0 Å². The minimum Gasteiger partial charge on any atom is -0.478 e. The van der Waals surface area contributed by atoms with Gasteiger partial charge in [-0.1, -0.05) is 24.3 Å². The van der Waals surface area contributed by atoms with E-state index in [0.717, 1.165) is 10.8 Å². The van der Waals surface area contributed by atoms with Crippen LogP contribution in [0.1, 0.15) is 15.9 Å². The summed E-state index contributed by atoms with van der Waals surface area (Å²) in [7, 11) is 1.56. The van der Waals surface area contributed by atoms with Gasteiger partial charge in [-0.2, -0.15) is 0 Å². The highest BCUT2D eigenvalue weighted by Crippen LogP contribution is 2.20. The van der Waals surface area contributed by atoms with Crippen molar-refractivity contribution < 1.29 is 14.6 Å². The van der Waals surface area contributed by atoms with Crippen molar-refractivity contribution in [1.82, 2.24) is 0 Å². The Hall–Kier alpha value is -1.87. The third-order valence-electron chi connectivity index (χ3n) is 2.50. The number of benzene rings is 2. The molecule has 0 bridgehead atoms. The van der Waals surface area contributed by atoms with Crippen molar-refractivity contribution >= 4 is 16.7 Å². The summed E-state index contributed by atoms with van der Waals surface area (Å²) in [6, 6.07) is 11.2. The zero-order valence-electron chi connectivity index (χ0n) is 8.93. The van der Waals surface area contributed by atoms with Gasteiger partial charge in [-0.3, -0.25) is 0 Å². The monoisotopic (exact) mass is 216 g/mol. The summed E-state index contributed by atoms with van der Waals surface area (Å²) in [5.74, 6) is -0.919. The summed E-state index contributed by atoms with van der Waals surface area (Å²) in [4.78, 5) is 11.1. The number of ether oxygens (including phenoxy) is 1. The van der Waals surface area contributed by atoms with E-state index in [0.29, 0.717) is 17.7 Å². The molecule has 0 saturated heterocycles. The summed E-state index contributed by atoms with van der Waals surface area (Å²) in [6.07, 6.45) is 0. The van der Waals surface area contributed by atoms with Crippen LogP contribution in [0.25, 0.3) is 10.8 Å². The Morgan fingerprint density at radius 3 is 2.44 bits per heavy atom. The third-order valence-corrected chi connectivity index (χ3v) is 2.50. The molecule has 0 saturated carbocycles. The van der Waals surface area contributed by atoms with Crippen LogP contribution in [0.4, 0.5) is 0 Å². The number of carbonyl (C=O) groups is 1. The van der Waals surface area contributed by atoms with Crippen LogP contribution in [-0.4, -0.2) is 18.2 Å². The molecule has 0 atom stereocenters. The molecule has 0 heterocycles. The van der Waals surface area contributed by atoms with Gasteiger partial charge >= 0.3 is 5.97 Å². The fourth-order valence-corrected chi connectivity index (χ4v) is 1.76. The number of hydrogen-bond donors (Lipinski definition) is 1. The fraction of sp³-hybridized carbons (Fsp3) is 0.154. The highest BCUT2D eigenvalue weighted by molar-refractivity contribution is 5.96. The molecule has 0 amide bonds. The van der Waals surface area contributed by atoms with Gasteiger partial charge in [0.2, 0.25) is 0 Å². The lowest BCUT2D eigenvalue weighted by Gasteiger charge is -2.07. The fourth-order valence-electron chi connectivity index (χ4n) is 1.76. The number of carboxylic acid groups (broad SMARTS) is 1. The molecule has 3 nitrogen and oxygen atoms in total. The van der Waals surface area contributed by atoms with Crippen molar-refractivity contribution in [3.05, 3.63) is 47.5 Å². The Labute approximate surface area is 93.3 Å². The van der Waals surface area contributed by atoms with Gasteiger partial charge in [0.05, 0.1) is 12.2 Å². The van der Waals surface area contributed by atoms with Crippen molar-refractivity contribution in [3.63, 3.8) is 0 Å². The highest BCUT2D eigenvalue weighted by Gasteiger charge is 2.10. The molecule has 0 fully saturated rings. The van der Waals surface area contributed by atoms with Crippen molar-refractivity contribution in [1.29, 1.82) is 0 Å². The molecular formula is C13H12O3. The lowest BCUT2D eigenvalue weighted by molar-refractivity contribution is 0.0692. The maximum atomic E-state index is 11.1. The smallest absolute Gasteiger partial charge is 0.336 e. The van der Waals surface area contributed by atoms with Crippen LogP contribution in [0.5, 0.6) is 0 Å². The molecule has 0 aliphatic heterocycles. The van der Waals surface area contributed by atoms with Gasteiger partial charge in [0, 0.05) is 7.11 Å². The second-order valence-corrected chi connectivity index (χ2v) is 3.59. The number of rotatable bonds is 3. The molecule has 0 aliphatic carbocycles. The summed E-state index contributed by atoms with van der Waals surface area (Å²) in [6.45, 7) is 0.312. The molecule has 0 aromatic heterocycles. The number of fused-ring (bicyclic) bond motifs is 1. The van der Waals surface area contributed by atoms with Gasteiger partial charge in [-0.05, 0) is 28.5 Å². The minimum atomic E-state index is -0.919. The normalized spacial score (nSPS) is 10.6. The van der Waals surface area contributed by atoms with Gasteiger partial charge in [0.1, 0.15) is 0 Å². The van der Waals surface area contributed by atoms with Crippen molar-refractivity contribution in [2.75, 3.05) is 7.11 Å². The Balaban J connectivity index is 2.65. The van der Waals surface area contributed by atoms with Crippen molar-refractivity contribution in [2.45, 2.75) is 6.61 Å². The average molecular weight is 216 g/mol. The number of hydrogen-bond acceptors (Lipinski definition) is 2. The van der Waals surface area contributed by atoms with E-state index in [1.807, 2.05) is 30.3 Å². The molecule has 2 aromatic rings. The first-order valence-electron chi connectivity index (χ1n) is 4.96. The summed E-state index contributed by atoms with van der Waals surface area (Å²) in [5, 5.41) is 11.1. The first kappa shape index (κ1) is 10.6. The van der Waals surface area contributed by atoms with Gasteiger partial charge in [0.25, 0.3) is 0 Å². The van der Waals surface area contributed by atoms with Crippen molar-refractivity contribution in [3.8, 4) is 0 Å². The van der Waals surface area contributed by atoms with E-state index in [1.54, 1.807) is 13.2 Å². The lowest BCUT2D eigenvalue weighted by atomic mass is 10.0. The van der Waals surface area contributed by atoms with Crippen LogP contribution in [-0.2, 0) is 11.3 Å². The number of methoxy groups -OCH3 is 1. The first-order valence-corrected chi connectivity index (χ1v) is 4.96. The molecule has 0 aliphatic rings. The Morgan fingerprint density at radius 1 is 1.25 bits per heavy atom. The molecule has 0 spiro atoms. The Morgan fingerprint density at radius 2 is 1.88 bits per heavy atom. The minimum absolute atomic E-state index is 0.306. The number of carboxylic acids is 1. The zero-order chi connectivity index (χ0) is 11.5. The molecule has 2 rings (SSSR count). The van der Waals surface area contributed by atoms with Gasteiger partial charge < -0.3 is 9.84 Å². The van der Waals surface area contributed by atoms with E-state index in [-0.39, 0.29) is 0 Å². The molecule has 0 radical (unpaired) electrons. The van der Waals surface area contributed by atoms with Crippen LogP contribution in [0.3, 0.4) is 0 Å². The molecule has 3 heteroatoms. The standard InChI is InChI=1S/C13H12O3/c1-16-8-11-6-9-4-2-3-5-10(9)7-12(11)13(14)15/h2-7H,8H2,1H3,(H,14,15). The Kier molecular flexibility index (Phi) is 2.88. The summed E-state index contributed by atoms with van der Waals surface area (Å²) in [5.41, 5.74) is 1.01. The van der Waals surface area contributed by atoms with Gasteiger partial charge in [-0.15, -0.1) is 0 Å². The third kappa shape index (κ3) is 1.90. The maximum Gasteiger partial charge on any atom is 0.336 e. The molecule has 1 N–H and O–H groups in total. The second kappa shape index (κ2) is 4.33. The van der Waals surface area contributed by atoms with Crippen LogP contribution in [0.15, 0.2) is 36.4 Å². The maximum absolute atomic E-state index is 11.1. The van der Waals surface area contributed by atoms with E-state index in [9.17, 15) is 4.79 Å². The van der Waals surface area contributed by atoms with Gasteiger partial charge in [0.15, 0.2) is 0 Å². The van der Waals surface area contributed by atoms with E-state index in [1.165, 1.54) is 0 Å². The van der Waals surface area contributed by atoms with E-state index >= 15 is 0 Å². The van der Waals surface area contributed by atoms with Crippen LogP contribution in [0.2, 0.25) is 0 Å². The van der Waals surface area contributed by atoms with E-state index in [4.69, 9.17) is 9.84 Å². The molecule has 16 heavy (non-hydrogen) atoms. The largest absolute Gasteiger partial charge is 0.478 e. The quantitative estimate of drug-likeness (QED) is 0.858. The molecule has 0 unspecified atom stereocenters. The Bertz CT molecular complexity index is 532. The van der Waals surface area contributed by atoms with Gasteiger partial charge in [-0.25, -0.2) is 4.79 Å². The van der Waals surface area contributed by atoms with Crippen LogP contribution < -0.4 is 0 Å². The molecular weight excluding hydrogens is 204 g/mol. The average Bonchev–Trinajstić information content (AvgIpc) is 2.28. The predicted octanol–water partition coefficient (Wildman–Crippen LogP) is 2.68.